The molecule has 0 amide bonds. The molecule has 26 heavy (non-hydrogen) atoms. The highest BCUT2D eigenvalue weighted by atomic mass is 35.5. The Kier molecular flexibility index (Phi) is 5.92. The first-order valence-corrected chi connectivity index (χ1v) is 9.15. The van der Waals surface area contributed by atoms with E-state index >= 15 is 0 Å². The topological polar surface area (TPSA) is 17.1 Å². The smallest absolute Gasteiger partial charge is 0.179 e. The number of carbonyl (C=O) groups excluding carboxylic acids is 1. The number of hydrogen-bond donors (Lipinski definition) is 0. The lowest BCUT2D eigenvalue weighted by Crippen LogP contribution is -2.39. The zero-order chi connectivity index (χ0) is 18.4. The highest BCUT2D eigenvalue weighted by molar-refractivity contribution is 6.39. The molecule has 0 heterocycles. The van der Waals surface area contributed by atoms with Crippen LogP contribution in [-0.4, -0.2) is 5.78 Å². The zero-order valence-corrected chi connectivity index (χ0v) is 15.6. The van der Waals surface area contributed by atoms with Gasteiger partial charge in [-0.05, 0) is 17.5 Å². The molecule has 0 aliphatic rings. The molecule has 0 N–H and O–H groups in total. The molecular weight excluding hydrogens is 363 g/mol. The van der Waals surface area contributed by atoms with Crippen LogP contribution in [0.15, 0.2) is 102 Å². The number of Topliss-reactive ketones (excluding diaryl/α,β-unsaturated/α-hetero) is 1. The van der Waals surface area contributed by atoms with E-state index in [0.29, 0.717) is 17.0 Å². The molecule has 0 aliphatic carbocycles. The summed E-state index contributed by atoms with van der Waals surface area (Å²) < 4.78 is 0. The van der Waals surface area contributed by atoms with Gasteiger partial charge < -0.3 is 0 Å². The molecule has 130 valence electrons. The average molecular weight is 381 g/mol. The van der Waals surface area contributed by atoms with Gasteiger partial charge in [-0.25, -0.2) is 0 Å². The van der Waals surface area contributed by atoms with E-state index < -0.39 is 5.41 Å². The molecule has 0 bridgehead atoms. The van der Waals surface area contributed by atoms with Crippen molar-refractivity contribution < 1.29 is 4.79 Å². The highest BCUT2D eigenvalue weighted by Gasteiger charge is 2.43. The SMILES string of the molecule is O=C(c1ccccc1)C(Cc1ccccc1)(/C(Cl)=C\Cl)c1ccccc1. The monoisotopic (exact) mass is 380 g/mol. The molecule has 0 aromatic heterocycles. The summed E-state index contributed by atoms with van der Waals surface area (Å²) in [7, 11) is 0. The maximum Gasteiger partial charge on any atom is 0.179 e. The van der Waals surface area contributed by atoms with Gasteiger partial charge in [0.2, 0.25) is 0 Å². The van der Waals surface area contributed by atoms with Crippen LogP contribution < -0.4 is 0 Å². The van der Waals surface area contributed by atoms with Crippen molar-refractivity contribution in [2.75, 3.05) is 0 Å². The number of rotatable bonds is 6. The van der Waals surface area contributed by atoms with Gasteiger partial charge in [0.15, 0.2) is 5.78 Å². The summed E-state index contributed by atoms with van der Waals surface area (Å²) in [6.07, 6.45) is 0.424. The molecular formula is C23H18Cl2O. The fraction of sp³-hybridized carbons (Fsp3) is 0.0870. The van der Waals surface area contributed by atoms with Gasteiger partial charge in [0.25, 0.3) is 0 Å². The minimum Gasteiger partial charge on any atom is -0.293 e. The van der Waals surface area contributed by atoms with Crippen molar-refractivity contribution in [2.45, 2.75) is 11.8 Å². The standard InChI is InChI=1S/C23H18Cl2O/c24-17-21(25)23(20-14-8-3-9-15-20,16-18-10-4-1-5-11-18)22(26)19-12-6-2-7-13-19/h1-15,17H,16H2/b21-17+. The Morgan fingerprint density at radius 1 is 0.808 bits per heavy atom. The van der Waals surface area contributed by atoms with E-state index in [2.05, 4.69) is 0 Å². The van der Waals surface area contributed by atoms with Crippen LogP contribution >= 0.6 is 23.2 Å². The summed E-state index contributed by atoms with van der Waals surface area (Å²) in [5, 5.41) is 0.308. The predicted octanol–water partition coefficient (Wildman–Crippen LogP) is 6.37. The second-order valence-corrected chi connectivity index (χ2v) is 6.71. The first kappa shape index (κ1) is 18.4. The van der Waals surface area contributed by atoms with Gasteiger partial charge in [0, 0.05) is 16.1 Å². The zero-order valence-electron chi connectivity index (χ0n) is 14.1. The van der Waals surface area contributed by atoms with Crippen LogP contribution in [0.5, 0.6) is 0 Å². The van der Waals surface area contributed by atoms with Crippen molar-refractivity contribution in [3.63, 3.8) is 0 Å². The number of hydrogen-bond acceptors (Lipinski definition) is 1. The molecule has 3 aromatic rings. The van der Waals surface area contributed by atoms with Gasteiger partial charge >= 0.3 is 0 Å². The van der Waals surface area contributed by atoms with Crippen molar-refractivity contribution >= 4 is 29.0 Å². The van der Waals surface area contributed by atoms with Gasteiger partial charge in [-0.2, -0.15) is 0 Å². The van der Waals surface area contributed by atoms with Gasteiger partial charge in [-0.15, -0.1) is 0 Å². The van der Waals surface area contributed by atoms with Crippen LogP contribution in [0.2, 0.25) is 0 Å². The molecule has 0 fully saturated rings. The Labute approximate surface area is 163 Å². The Balaban J connectivity index is 2.23. The molecule has 0 saturated heterocycles. The average Bonchev–Trinajstić information content (AvgIpc) is 2.73. The third-order valence-electron chi connectivity index (χ3n) is 4.51. The minimum atomic E-state index is -1.08. The number of carbonyl (C=O) groups is 1. The van der Waals surface area contributed by atoms with Crippen molar-refractivity contribution in [1.82, 2.24) is 0 Å². The van der Waals surface area contributed by atoms with E-state index in [-0.39, 0.29) is 5.78 Å². The van der Waals surface area contributed by atoms with Crippen LogP contribution in [-0.2, 0) is 11.8 Å². The van der Waals surface area contributed by atoms with Gasteiger partial charge in [-0.1, -0.05) is 114 Å². The first-order valence-electron chi connectivity index (χ1n) is 8.34. The molecule has 1 atom stereocenters. The fourth-order valence-electron chi connectivity index (χ4n) is 3.20. The van der Waals surface area contributed by atoms with E-state index in [9.17, 15) is 4.79 Å². The molecule has 1 unspecified atom stereocenters. The number of halogens is 2. The van der Waals surface area contributed by atoms with Crippen LogP contribution in [0.1, 0.15) is 21.5 Å². The molecule has 1 nitrogen and oxygen atoms in total. The first-order chi connectivity index (χ1) is 12.7. The lowest BCUT2D eigenvalue weighted by atomic mass is 9.70. The summed E-state index contributed by atoms with van der Waals surface area (Å²) >= 11 is 12.7. The van der Waals surface area contributed by atoms with Crippen LogP contribution in [0.4, 0.5) is 0 Å². The highest BCUT2D eigenvalue weighted by Crippen LogP contribution is 2.41. The molecule has 0 aliphatic heterocycles. The quantitative estimate of drug-likeness (QED) is 0.454. The Morgan fingerprint density at radius 2 is 1.31 bits per heavy atom. The third-order valence-corrected chi connectivity index (χ3v) is 5.27. The molecule has 0 radical (unpaired) electrons. The Hall–Kier alpha value is -2.35. The van der Waals surface area contributed by atoms with Crippen molar-refractivity contribution in [3.8, 4) is 0 Å². The maximum absolute atomic E-state index is 13.7. The second-order valence-electron chi connectivity index (χ2n) is 6.09. The Morgan fingerprint density at radius 3 is 1.85 bits per heavy atom. The summed E-state index contributed by atoms with van der Waals surface area (Å²) in [5.74, 6) is -0.0740. The Bertz CT molecular complexity index is 889. The van der Waals surface area contributed by atoms with E-state index in [1.54, 1.807) is 0 Å². The molecule has 3 aromatic carbocycles. The fourth-order valence-corrected chi connectivity index (χ4v) is 3.65. The van der Waals surface area contributed by atoms with Gasteiger partial charge in [0.05, 0.1) is 5.41 Å². The molecule has 3 rings (SSSR count). The number of benzene rings is 3. The third kappa shape index (κ3) is 3.60. The maximum atomic E-state index is 13.7. The summed E-state index contributed by atoms with van der Waals surface area (Å²) in [6, 6.07) is 28.6. The van der Waals surface area contributed by atoms with Crippen LogP contribution in [0.25, 0.3) is 0 Å². The summed E-state index contributed by atoms with van der Waals surface area (Å²) in [6.45, 7) is 0. The number of allylic oxidation sites excluding steroid dienone is 1. The lowest BCUT2D eigenvalue weighted by molar-refractivity contribution is 0.0913. The van der Waals surface area contributed by atoms with Gasteiger partial charge in [-0.3, -0.25) is 4.79 Å². The lowest BCUT2D eigenvalue weighted by Gasteiger charge is -2.33. The summed E-state index contributed by atoms with van der Waals surface area (Å²) in [4.78, 5) is 13.7. The second kappa shape index (κ2) is 8.35. The molecule has 0 spiro atoms. The van der Waals surface area contributed by atoms with E-state index in [1.165, 1.54) is 5.54 Å². The number of ketones is 1. The minimum absolute atomic E-state index is 0.0740. The molecule has 0 saturated carbocycles. The van der Waals surface area contributed by atoms with Crippen molar-refractivity contribution in [1.29, 1.82) is 0 Å². The largest absolute Gasteiger partial charge is 0.293 e. The van der Waals surface area contributed by atoms with Crippen molar-refractivity contribution in [3.05, 3.63) is 118 Å². The molecule has 3 heteroatoms. The predicted molar refractivity (Wildman–Crippen MR) is 109 cm³/mol. The normalized spacial score (nSPS) is 13.8. The van der Waals surface area contributed by atoms with Crippen molar-refractivity contribution in [2.24, 2.45) is 0 Å². The van der Waals surface area contributed by atoms with Crippen LogP contribution in [0.3, 0.4) is 0 Å². The van der Waals surface area contributed by atoms with E-state index in [0.717, 1.165) is 11.1 Å². The summed E-state index contributed by atoms with van der Waals surface area (Å²) in [5.41, 5.74) is 2.66. The van der Waals surface area contributed by atoms with Crippen LogP contribution in [0, 0.1) is 0 Å². The van der Waals surface area contributed by atoms with Gasteiger partial charge in [0.1, 0.15) is 0 Å². The van der Waals surface area contributed by atoms with E-state index in [1.807, 2.05) is 91.0 Å². The van der Waals surface area contributed by atoms with E-state index in [4.69, 9.17) is 23.2 Å².